The van der Waals surface area contributed by atoms with Gasteiger partial charge in [0.2, 0.25) is 11.8 Å². The quantitative estimate of drug-likeness (QED) is 0.818. The van der Waals surface area contributed by atoms with Gasteiger partial charge in [0, 0.05) is 26.2 Å². The van der Waals surface area contributed by atoms with Crippen LogP contribution in [0, 0.1) is 11.7 Å². The monoisotopic (exact) mass is 353 g/mol. The average molecular weight is 354 g/mol. The van der Waals surface area contributed by atoms with Gasteiger partial charge < -0.3 is 10.6 Å². The molecule has 1 aliphatic carbocycles. The van der Waals surface area contributed by atoms with E-state index in [2.05, 4.69) is 10.6 Å². The SMILES string of the molecule is O=C(CC1C(=O)NCCN1Cc1ccc(Cl)c(F)c1)NCC1CC1. The number of nitrogens with zero attached hydrogens (tertiary/aromatic N) is 1. The van der Waals surface area contributed by atoms with Crippen molar-refractivity contribution in [2.24, 2.45) is 5.92 Å². The Kier molecular flexibility index (Phi) is 5.36. The lowest BCUT2D eigenvalue weighted by Crippen LogP contribution is -2.56. The molecule has 130 valence electrons. The maximum absolute atomic E-state index is 13.6. The Balaban J connectivity index is 1.63. The van der Waals surface area contributed by atoms with Crippen molar-refractivity contribution in [3.8, 4) is 0 Å². The van der Waals surface area contributed by atoms with Crippen LogP contribution in [0.5, 0.6) is 0 Å². The highest BCUT2D eigenvalue weighted by molar-refractivity contribution is 6.30. The zero-order valence-electron chi connectivity index (χ0n) is 13.4. The molecule has 1 aromatic carbocycles. The van der Waals surface area contributed by atoms with Gasteiger partial charge in [-0.05, 0) is 36.5 Å². The van der Waals surface area contributed by atoms with Gasteiger partial charge in [-0.2, -0.15) is 0 Å². The van der Waals surface area contributed by atoms with E-state index in [9.17, 15) is 14.0 Å². The molecule has 2 fully saturated rings. The number of hydrogen-bond acceptors (Lipinski definition) is 3. The summed E-state index contributed by atoms with van der Waals surface area (Å²) in [7, 11) is 0. The highest BCUT2D eigenvalue weighted by Gasteiger charge is 2.32. The third-order valence-electron chi connectivity index (χ3n) is 4.47. The van der Waals surface area contributed by atoms with E-state index in [-0.39, 0.29) is 23.3 Å². The first kappa shape index (κ1) is 17.2. The minimum Gasteiger partial charge on any atom is -0.356 e. The number of rotatable bonds is 6. The summed E-state index contributed by atoms with van der Waals surface area (Å²) in [6.45, 7) is 2.24. The van der Waals surface area contributed by atoms with Crippen molar-refractivity contribution < 1.29 is 14.0 Å². The largest absolute Gasteiger partial charge is 0.356 e. The Morgan fingerprint density at radius 2 is 2.21 bits per heavy atom. The van der Waals surface area contributed by atoms with Crippen molar-refractivity contribution in [3.05, 3.63) is 34.6 Å². The standard InChI is InChI=1S/C17H21ClFN3O2/c18-13-4-3-12(7-14(13)19)10-22-6-5-20-17(24)15(22)8-16(23)21-9-11-1-2-11/h3-4,7,11,15H,1-2,5-6,8-10H2,(H,20,24)(H,21,23). The van der Waals surface area contributed by atoms with Crippen LogP contribution < -0.4 is 10.6 Å². The van der Waals surface area contributed by atoms with Gasteiger partial charge in [-0.3, -0.25) is 14.5 Å². The number of hydrogen-bond donors (Lipinski definition) is 2. The maximum atomic E-state index is 13.6. The van der Waals surface area contributed by atoms with Gasteiger partial charge in [-0.15, -0.1) is 0 Å². The zero-order chi connectivity index (χ0) is 17.1. The second-order valence-corrected chi connectivity index (χ2v) is 6.88. The number of halogens is 2. The second kappa shape index (κ2) is 7.49. The molecule has 5 nitrogen and oxygen atoms in total. The van der Waals surface area contributed by atoms with Crippen LogP contribution in [0.25, 0.3) is 0 Å². The summed E-state index contributed by atoms with van der Waals surface area (Å²) in [4.78, 5) is 26.2. The topological polar surface area (TPSA) is 61.4 Å². The fourth-order valence-electron chi connectivity index (χ4n) is 2.87. The van der Waals surface area contributed by atoms with Crippen LogP contribution in [-0.2, 0) is 16.1 Å². The average Bonchev–Trinajstić information content (AvgIpc) is 3.37. The number of carbonyl (C=O) groups excluding carboxylic acids is 2. The van der Waals surface area contributed by atoms with Gasteiger partial charge in [-0.25, -0.2) is 4.39 Å². The van der Waals surface area contributed by atoms with Gasteiger partial charge in [0.15, 0.2) is 0 Å². The highest BCUT2D eigenvalue weighted by Crippen LogP contribution is 2.27. The van der Waals surface area contributed by atoms with E-state index in [4.69, 9.17) is 11.6 Å². The van der Waals surface area contributed by atoms with Crippen molar-refractivity contribution in [2.45, 2.75) is 31.8 Å². The third-order valence-corrected chi connectivity index (χ3v) is 4.78. The number of amides is 2. The summed E-state index contributed by atoms with van der Waals surface area (Å²) < 4.78 is 13.6. The van der Waals surface area contributed by atoms with Crippen LogP contribution >= 0.6 is 11.6 Å². The Morgan fingerprint density at radius 1 is 1.42 bits per heavy atom. The highest BCUT2D eigenvalue weighted by atomic mass is 35.5. The minimum absolute atomic E-state index is 0.0751. The first-order chi connectivity index (χ1) is 11.5. The first-order valence-electron chi connectivity index (χ1n) is 8.25. The molecule has 0 bridgehead atoms. The van der Waals surface area contributed by atoms with Crippen molar-refractivity contribution >= 4 is 23.4 Å². The molecule has 3 rings (SSSR count). The van der Waals surface area contributed by atoms with Gasteiger partial charge in [-0.1, -0.05) is 17.7 Å². The van der Waals surface area contributed by atoms with E-state index in [1.165, 1.54) is 25.0 Å². The summed E-state index contributed by atoms with van der Waals surface area (Å²) in [5.41, 5.74) is 0.731. The van der Waals surface area contributed by atoms with Gasteiger partial charge >= 0.3 is 0 Å². The van der Waals surface area contributed by atoms with E-state index in [1.807, 2.05) is 4.90 Å². The lowest BCUT2D eigenvalue weighted by Gasteiger charge is -2.34. The van der Waals surface area contributed by atoms with Crippen LogP contribution in [0.1, 0.15) is 24.8 Å². The van der Waals surface area contributed by atoms with Crippen molar-refractivity contribution in [3.63, 3.8) is 0 Å². The van der Waals surface area contributed by atoms with Gasteiger partial charge in [0.25, 0.3) is 0 Å². The molecule has 2 amide bonds. The van der Waals surface area contributed by atoms with Crippen LogP contribution in [0.15, 0.2) is 18.2 Å². The lowest BCUT2D eigenvalue weighted by atomic mass is 10.1. The summed E-state index contributed by atoms with van der Waals surface area (Å²) >= 11 is 5.70. The molecular formula is C17H21ClFN3O2. The molecule has 1 saturated heterocycles. The molecule has 1 aliphatic heterocycles. The molecule has 2 aliphatic rings. The maximum Gasteiger partial charge on any atom is 0.237 e. The fourth-order valence-corrected chi connectivity index (χ4v) is 2.99. The number of benzene rings is 1. The van der Waals surface area contributed by atoms with E-state index in [1.54, 1.807) is 6.07 Å². The Bertz CT molecular complexity index is 636. The predicted octanol–water partition coefficient (Wildman–Crippen LogP) is 1.70. The van der Waals surface area contributed by atoms with E-state index >= 15 is 0 Å². The number of piperazine rings is 1. The molecule has 24 heavy (non-hydrogen) atoms. The molecule has 1 aromatic rings. The molecular weight excluding hydrogens is 333 g/mol. The van der Waals surface area contributed by atoms with E-state index in [0.717, 1.165) is 5.56 Å². The molecule has 0 aromatic heterocycles. The second-order valence-electron chi connectivity index (χ2n) is 6.48. The van der Waals surface area contributed by atoms with Crippen molar-refractivity contribution in [1.82, 2.24) is 15.5 Å². The first-order valence-corrected chi connectivity index (χ1v) is 8.63. The molecule has 0 radical (unpaired) electrons. The van der Waals surface area contributed by atoms with Crippen molar-refractivity contribution in [2.75, 3.05) is 19.6 Å². The summed E-state index contributed by atoms with van der Waals surface area (Å²) in [5, 5.41) is 5.76. The lowest BCUT2D eigenvalue weighted by molar-refractivity contribution is -0.134. The molecule has 1 atom stereocenters. The van der Waals surface area contributed by atoms with Crippen LogP contribution in [0.4, 0.5) is 4.39 Å². The Labute approximate surface area is 145 Å². The summed E-state index contributed by atoms with van der Waals surface area (Å²) in [6, 6.07) is 4.09. The minimum atomic E-state index is -0.531. The van der Waals surface area contributed by atoms with Crippen LogP contribution in [0.2, 0.25) is 5.02 Å². The Hall–Kier alpha value is -1.66. The molecule has 1 unspecified atom stereocenters. The molecule has 7 heteroatoms. The fraction of sp³-hybridized carbons (Fsp3) is 0.529. The molecule has 1 heterocycles. The third kappa shape index (κ3) is 4.45. The zero-order valence-corrected chi connectivity index (χ0v) is 14.1. The van der Waals surface area contributed by atoms with Crippen LogP contribution in [-0.4, -0.2) is 42.4 Å². The molecule has 1 saturated carbocycles. The summed E-state index contributed by atoms with van der Waals surface area (Å²) in [5.74, 6) is -0.148. The predicted molar refractivity (Wildman–Crippen MR) is 89.0 cm³/mol. The molecule has 0 spiro atoms. The van der Waals surface area contributed by atoms with Gasteiger partial charge in [0.1, 0.15) is 5.82 Å². The smallest absolute Gasteiger partial charge is 0.237 e. The van der Waals surface area contributed by atoms with Gasteiger partial charge in [0.05, 0.1) is 17.5 Å². The Morgan fingerprint density at radius 3 is 2.92 bits per heavy atom. The normalized spacial score (nSPS) is 21.4. The number of nitrogens with one attached hydrogen (secondary N) is 2. The molecule has 2 N–H and O–H groups in total. The van der Waals surface area contributed by atoms with Crippen molar-refractivity contribution in [1.29, 1.82) is 0 Å². The summed E-state index contributed by atoms with van der Waals surface area (Å²) in [6.07, 6.45) is 2.45. The number of carbonyl (C=O) groups is 2. The van der Waals surface area contributed by atoms with E-state index < -0.39 is 11.9 Å². The van der Waals surface area contributed by atoms with E-state index in [0.29, 0.717) is 32.1 Å². The van der Waals surface area contributed by atoms with Crippen LogP contribution in [0.3, 0.4) is 0 Å².